The molecule has 0 bridgehead atoms. The Balaban J connectivity index is 1.60. The highest BCUT2D eigenvalue weighted by atomic mass is 35.5. The maximum atomic E-state index is 14.0. The van der Waals surface area contributed by atoms with Crippen molar-refractivity contribution in [1.82, 2.24) is 4.90 Å². The summed E-state index contributed by atoms with van der Waals surface area (Å²) in [6.45, 7) is 3.56. The number of anilines is 1. The molecule has 3 aromatic carbocycles. The molecule has 1 aliphatic heterocycles. The molecule has 39 heavy (non-hydrogen) atoms. The van der Waals surface area contributed by atoms with Crippen LogP contribution in [0.15, 0.2) is 77.7 Å². The van der Waals surface area contributed by atoms with Crippen LogP contribution in [0.4, 0.5) is 5.69 Å². The molecule has 0 aromatic heterocycles. The van der Waals surface area contributed by atoms with Crippen molar-refractivity contribution in [2.45, 2.75) is 56.6 Å². The Morgan fingerprint density at radius 1 is 0.949 bits per heavy atom. The molecule has 2 atom stereocenters. The Hall–Kier alpha value is -3.07. The summed E-state index contributed by atoms with van der Waals surface area (Å²) in [5.41, 5.74) is 1.10. The fraction of sp³-hybridized carbons (Fsp3) is 0.310. The molecule has 1 saturated heterocycles. The SMILES string of the molecule is CC1CCCC(C)N1C(=O)COC(=O)c1ccc(Cl)c(S(=O)(=O)N(Cc2ccccc2)c2ccc(Cl)cc2)c1. The molecule has 1 amide bonds. The number of esters is 1. The van der Waals surface area contributed by atoms with Gasteiger partial charge in [0.1, 0.15) is 4.90 Å². The summed E-state index contributed by atoms with van der Waals surface area (Å²) in [5, 5.41) is 0.409. The molecule has 7 nitrogen and oxygen atoms in total. The molecule has 1 aliphatic rings. The van der Waals surface area contributed by atoms with Gasteiger partial charge in [-0.25, -0.2) is 13.2 Å². The van der Waals surface area contributed by atoms with Gasteiger partial charge in [-0.3, -0.25) is 9.10 Å². The van der Waals surface area contributed by atoms with Crippen molar-refractivity contribution >= 4 is 50.8 Å². The molecule has 0 spiro atoms. The van der Waals surface area contributed by atoms with Gasteiger partial charge < -0.3 is 9.64 Å². The standard InChI is InChI=1S/C29H30Cl2N2O5S/c1-20-7-6-8-21(2)33(20)28(34)19-38-29(35)23-11-16-26(31)27(17-23)39(36,37)32(18-22-9-4-3-5-10-22)25-14-12-24(30)13-15-25/h3-5,9-17,20-21H,6-8,18-19H2,1-2H3. The van der Waals surface area contributed by atoms with Crippen LogP contribution in [0.25, 0.3) is 0 Å². The van der Waals surface area contributed by atoms with Crippen molar-refractivity contribution in [2.24, 2.45) is 0 Å². The number of carbonyl (C=O) groups is 2. The van der Waals surface area contributed by atoms with Crippen molar-refractivity contribution in [1.29, 1.82) is 0 Å². The van der Waals surface area contributed by atoms with E-state index in [1.807, 2.05) is 44.2 Å². The minimum atomic E-state index is -4.24. The summed E-state index contributed by atoms with van der Waals surface area (Å²) in [4.78, 5) is 27.2. The predicted molar refractivity (Wildman–Crippen MR) is 153 cm³/mol. The highest BCUT2D eigenvalue weighted by Gasteiger charge is 2.31. The third kappa shape index (κ3) is 6.75. The fourth-order valence-corrected chi connectivity index (χ4v) is 6.90. The number of carbonyl (C=O) groups excluding carboxylic acids is 2. The van der Waals surface area contributed by atoms with E-state index < -0.39 is 22.6 Å². The van der Waals surface area contributed by atoms with Crippen molar-refractivity contribution in [3.8, 4) is 0 Å². The fourth-order valence-electron chi connectivity index (χ4n) is 4.82. The van der Waals surface area contributed by atoms with Crippen LogP contribution in [-0.2, 0) is 26.1 Å². The molecule has 4 rings (SSSR count). The van der Waals surface area contributed by atoms with Crippen LogP contribution in [0.5, 0.6) is 0 Å². The van der Waals surface area contributed by atoms with E-state index in [4.69, 9.17) is 27.9 Å². The second kappa shape index (κ2) is 12.4. The topological polar surface area (TPSA) is 84.0 Å². The summed E-state index contributed by atoms with van der Waals surface area (Å²) in [7, 11) is -4.24. The number of nitrogens with zero attached hydrogens (tertiary/aromatic N) is 2. The number of rotatable bonds is 8. The Morgan fingerprint density at radius 2 is 1.59 bits per heavy atom. The number of hydrogen-bond acceptors (Lipinski definition) is 5. The number of benzene rings is 3. The lowest BCUT2D eigenvalue weighted by Crippen LogP contribution is -2.49. The lowest BCUT2D eigenvalue weighted by Gasteiger charge is -2.38. The summed E-state index contributed by atoms with van der Waals surface area (Å²) in [5.74, 6) is -1.09. The highest BCUT2D eigenvalue weighted by Crippen LogP contribution is 2.32. The molecule has 1 fully saturated rings. The van der Waals surface area contributed by atoms with Gasteiger partial charge in [-0.1, -0.05) is 53.5 Å². The Labute approximate surface area is 239 Å². The van der Waals surface area contributed by atoms with Crippen molar-refractivity contribution in [2.75, 3.05) is 10.9 Å². The van der Waals surface area contributed by atoms with Gasteiger partial charge in [0.05, 0.1) is 22.8 Å². The molecule has 0 aliphatic carbocycles. The molecule has 2 unspecified atom stereocenters. The predicted octanol–water partition coefficient (Wildman–Crippen LogP) is 6.34. The van der Waals surface area contributed by atoms with Gasteiger partial charge in [-0.05, 0) is 81.1 Å². The molecule has 206 valence electrons. The van der Waals surface area contributed by atoms with Gasteiger partial charge in [0.15, 0.2) is 6.61 Å². The number of halogens is 2. The highest BCUT2D eigenvalue weighted by molar-refractivity contribution is 7.93. The number of hydrogen-bond donors (Lipinski definition) is 0. The van der Waals surface area contributed by atoms with Crippen LogP contribution in [-0.4, -0.2) is 43.9 Å². The van der Waals surface area contributed by atoms with E-state index in [1.54, 1.807) is 29.2 Å². The van der Waals surface area contributed by atoms with Crippen LogP contribution in [0.1, 0.15) is 49.0 Å². The van der Waals surface area contributed by atoms with E-state index in [0.717, 1.165) is 24.8 Å². The van der Waals surface area contributed by atoms with Gasteiger partial charge in [-0.15, -0.1) is 0 Å². The van der Waals surface area contributed by atoms with Crippen LogP contribution in [0, 0.1) is 0 Å². The van der Waals surface area contributed by atoms with Gasteiger partial charge >= 0.3 is 5.97 Å². The minimum absolute atomic E-state index is 0.0243. The van der Waals surface area contributed by atoms with E-state index in [9.17, 15) is 18.0 Å². The summed E-state index contributed by atoms with van der Waals surface area (Å²) in [6, 6.07) is 19.5. The molecule has 0 saturated carbocycles. The lowest BCUT2D eigenvalue weighted by molar-refractivity contribution is -0.140. The first-order chi connectivity index (χ1) is 18.6. The average Bonchev–Trinajstić information content (AvgIpc) is 2.91. The second-order valence-corrected chi connectivity index (χ2v) is 12.3. The van der Waals surface area contributed by atoms with Gasteiger partial charge in [0.25, 0.3) is 15.9 Å². The van der Waals surface area contributed by atoms with Crippen LogP contribution in [0.3, 0.4) is 0 Å². The van der Waals surface area contributed by atoms with Crippen LogP contribution >= 0.6 is 23.2 Å². The zero-order chi connectivity index (χ0) is 28.2. The molecule has 10 heteroatoms. The molecule has 0 radical (unpaired) electrons. The van der Waals surface area contributed by atoms with Gasteiger partial charge in [0, 0.05) is 17.1 Å². The molecular weight excluding hydrogens is 559 g/mol. The molecule has 1 heterocycles. The Bertz CT molecular complexity index is 1420. The third-order valence-corrected chi connectivity index (χ3v) is 9.33. The number of amides is 1. The zero-order valence-corrected chi connectivity index (χ0v) is 24.0. The maximum Gasteiger partial charge on any atom is 0.338 e. The monoisotopic (exact) mass is 588 g/mol. The normalized spacial score (nSPS) is 17.5. The number of ether oxygens (including phenoxy) is 1. The summed E-state index contributed by atoms with van der Waals surface area (Å²) in [6.07, 6.45) is 2.84. The Kier molecular flexibility index (Phi) is 9.20. The zero-order valence-electron chi connectivity index (χ0n) is 21.7. The first kappa shape index (κ1) is 28.9. The Morgan fingerprint density at radius 3 is 2.23 bits per heavy atom. The van der Waals surface area contributed by atoms with Crippen molar-refractivity contribution in [3.63, 3.8) is 0 Å². The van der Waals surface area contributed by atoms with Crippen LogP contribution in [0.2, 0.25) is 10.0 Å². The number of sulfonamides is 1. The van der Waals surface area contributed by atoms with E-state index >= 15 is 0 Å². The molecule has 3 aromatic rings. The summed E-state index contributed by atoms with van der Waals surface area (Å²) >= 11 is 12.4. The molecular formula is C29H30Cl2N2O5S. The molecule has 0 N–H and O–H groups in total. The van der Waals surface area contributed by atoms with Crippen LogP contribution < -0.4 is 4.31 Å². The number of likely N-dealkylation sites (tertiary alicyclic amines) is 1. The second-order valence-electron chi connectivity index (χ2n) is 9.62. The van der Waals surface area contributed by atoms with E-state index in [0.29, 0.717) is 10.7 Å². The lowest BCUT2D eigenvalue weighted by atomic mass is 9.97. The number of piperidine rings is 1. The van der Waals surface area contributed by atoms with E-state index in [-0.39, 0.29) is 40.0 Å². The van der Waals surface area contributed by atoms with Gasteiger partial charge in [0.2, 0.25) is 0 Å². The quantitative estimate of drug-likeness (QED) is 0.287. The average molecular weight is 590 g/mol. The first-order valence-corrected chi connectivity index (χ1v) is 14.9. The van der Waals surface area contributed by atoms with E-state index in [1.165, 1.54) is 22.5 Å². The van der Waals surface area contributed by atoms with Crippen molar-refractivity contribution < 1.29 is 22.7 Å². The maximum absolute atomic E-state index is 14.0. The first-order valence-electron chi connectivity index (χ1n) is 12.7. The van der Waals surface area contributed by atoms with Crippen molar-refractivity contribution in [3.05, 3.63) is 94.0 Å². The smallest absolute Gasteiger partial charge is 0.338 e. The largest absolute Gasteiger partial charge is 0.452 e. The van der Waals surface area contributed by atoms with E-state index in [2.05, 4.69) is 0 Å². The van der Waals surface area contributed by atoms with Gasteiger partial charge in [-0.2, -0.15) is 0 Å². The minimum Gasteiger partial charge on any atom is -0.452 e. The third-order valence-electron chi connectivity index (χ3n) is 6.83. The summed E-state index contributed by atoms with van der Waals surface area (Å²) < 4.78 is 34.4.